The SMILES string of the molecule is CC(C)(C)C(=NC(=NC(=NC(=S)c1ccccc1)c1ccccc1)c1ccccc1)c1ccccc1. The van der Waals surface area contributed by atoms with Gasteiger partial charge in [-0.25, -0.2) is 15.0 Å². The molecule has 0 heterocycles. The summed E-state index contributed by atoms with van der Waals surface area (Å²) in [6.07, 6.45) is 0. The first-order valence-corrected chi connectivity index (χ1v) is 12.3. The van der Waals surface area contributed by atoms with E-state index in [4.69, 9.17) is 27.2 Å². The van der Waals surface area contributed by atoms with Crippen LogP contribution in [-0.2, 0) is 0 Å². The minimum atomic E-state index is -0.208. The Morgan fingerprint density at radius 1 is 0.472 bits per heavy atom. The third-order valence-electron chi connectivity index (χ3n) is 5.48. The van der Waals surface area contributed by atoms with E-state index < -0.39 is 0 Å². The van der Waals surface area contributed by atoms with Crippen LogP contribution in [0.2, 0.25) is 0 Å². The lowest BCUT2D eigenvalue weighted by Crippen LogP contribution is -2.23. The molecule has 0 unspecified atom stereocenters. The van der Waals surface area contributed by atoms with Crippen LogP contribution in [0.4, 0.5) is 0 Å². The molecule has 4 heteroatoms. The summed E-state index contributed by atoms with van der Waals surface area (Å²) in [7, 11) is 0. The highest BCUT2D eigenvalue weighted by atomic mass is 32.1. The second kappa shape index (κ2) is 11.6. The number of hydrogen-bond donors (Lipinski definition) is 0. The summed E-state index contributed by atoms with van der Waals surface area (Å²) in [5, 5.41) is 0. The standard InChI is InChI=1S/C32H29N3S/c1-32(2,3)28(24-16-8-4-9-17-24)33-29(25-18-10-5-11-19-25)34-30(26-20-12-6-13-21-26)35-31(36)27-22-14-7-15-23-27/h4-23H,1-3H3. The van der Waals surface area contributed by atoms with Crippen LogP contribution >= 0.6 is 12.2 Å². The molecule has 0 aliphatic heterocycles. The second-order valence-corrected chi connectivity index (χ2v) is 9.74. The molecule has 0 aliphatic carbocycles. The van der Waals surface area contributed by atoms with Crippen LogP contribution in [0.3, 0.4) is 0 Å². The van der Waals surface area contributed by atoms with Crippen molar-refractivity contribution in [3.05, 3.63) is 144 Å². The van der Waals surface area contributed by atoms with Gasteiger partial charge in [0.15, 0.2) is 11.7 Å². The maximum absolute atomic E-state index is 5.70. The molecular formula is C32H29N3S. The number of aliphatic imine (C=N–C) groups is 3. The summed E-state index contributed by atoms with van der Waals surface area (Å²) >= 11 is 5.70. The first-order valence-electron chi connectivity index (χ1n) is 11.9. The van der Waals surface area contributed by atoms with Crippen molar-refractivity contribution in [2.45, 2.75) is 20.8 Å². The molecule has 0 amide bonds. The Labute approximate surface area is 219 Å². The average Bonchev–Trinajstić information content (AvgIpc) is 2.91. The van der Waals surface area contributed by atoms with Crippen molar-refractivity contribution in [2.75, 3.05) is 0 Å². The van der Waals surface area contributed by atoms with Crippen molar-refractivity contribution in [1.29, 1.82) is 0 Å². The summed E-state index contributed by atoms with van der Waals surface area (Å²) in [4.78, 5) is 15.5. The Balaban J connectivity index is 1.93. The fraction of sp³-hybridized carbons (Fsp3) is 0.125. The summed E-state index contributed by atoms with van der Waals surface area (Å²) in [6, 6.07) is 40.0. The van der Waals surface area contributed by atoms with E-state index >= 15 is 0 Å². The normalized spacial score (nSPS) is 12.9. The van der Waals surface area contributed by atoms with E-state index in [2.05, 4.69) is 32.9 Å². The maximum Gasteiger partial charge on any atom is 0.163 e. The fourth-order valence-corrected chi connectivity index (χ4v) is 3.91. The lowest BCUT2D eigenvalue weighted by Gasteiger charge is -2.22. The van der Waals surface area contributed by atoms with Crippen LogP contribution in [0.25, 0.3) is 0 Å². The van der Waals surface area contributed by atoms with Crippen molar-refractivity contribution in [3.8, 4) is 0 Å². The maximum atomic E-state index is 5.70. The second-order valence-electron chi connectivity index (χ2n) is 9.35. The van der Waals surface area contributed by atoms with Gasteiger partial charge in [0.1, 0.15) is 4.99 Å². The van der Waals surface area contributed by atoms with Gasteiger partial charge in [-0.3, -0.25) is 0 Å². The van der Waals surface area contributed by atoms with Gasteiger partial charge in [-0.1, -0.05) is 154 Å². The minimum Gasteiger partial charge on any atom is -0.232 e. The summed E-state index contributed by atoms with van der Waals surface area (Å²) in [5.41, 5.74) is 4.46. The Bertz CT molecular complexity index is 1380. The van der Waals surface area contributed by atoms with Crippen LogP contribution in [0.5, 0.6) is 0 Å². The first kappa shape index (κ1) is 25.1. The van der Waals surface area contributed by atoms with Gasteiger partial charge in [0.2, 0.25) is 0 Å². The lowest BCUT2D eigenvalue weighted by atomic mass is 9.85. The Hall–Kier alpha value is -4.02. The highest BCUT2D eigenvalue weighted by molar-refractivity contribution is 7.80. The van der Waals surface area contributed by atoms with E-state index in [-0.39, 0.29) is 5.41 Å². The van der Waals surface area contributed by atoms with Crippen LogP contribution in [0.1, 0.15) is 43.0 Å². The number of thiocarbonyl (C=S) groups is 1. The van der Waals surface area contributed by atoms with Gasteiger partial charge in [-0.15, -0.1) is 0 Å². The molecule has 4 aromatic carbocycles. The number of benzene rings is 4. The molecule has 36 heavy (non-hydrogen) atoms. The van der Waals surface area contributed by atoms with E-state index in [0.717, 1.165) is 28.0 Å². The van der Waals surface area contributed by atoms with E-state index in [1.165, 1.54) is 0 Å². The number of hydrogen-bond acceptors (Lipinski definition) is 1. The number of amidine groups is 2. The molecule has 0 atom stereocenters. The fourth-order valence-electron chi connectivity index (χ4n) is 3.69. The third kappa shape index (κ3) is 6.55. The van der Waals surface area contributed by atoms with Crippen molar-refractivity contribution in [3.63, 3.8) is 0 Å². The van der Waals surface area contributed by atoms with Gasteiger partial charge in [0, 0.05) is 22.1 Å². The first-order chi connectivity index (χ1) is 17.4. The quantitative estimate of drug-likeness (QED) is 0.164. The van der Waals surface area contributed by atoms with E-state index in [1.807, 2.05) is 109 Å². The smallest absolute Gasteiger partial charge is 0.163 e. The van der Waals surface area contributed by atoms with Crippen LogP contribution < -0.4 is 0 Å². The van der Waals surface area contributed by atoms with Gasteiger partial charge in [0.25, 0.3) is 0 Å². The molecule has 0 saturated carbocycles. The molecule has 3 nitrogen and oxygen atoms in total. The van der Waals surface area contributed by atoms with Crippen molar-refractivity contribution < 1.29 is 0 Å². The zero-order chi connectivity index (χ0) is 25.4. The monoisotopic (exact) mass is 487 g/mol. The van der Waals surface area contributed by atoms with Crippen molar-refractivity contribution >= 4 is 34.6 Å². The van der Waals surface area contributed by atoms with E-state index in [0.29, 0.717) is 16.7 Å². The summed E-state index contributed by atoms with van der Waals surface area (Å²) in [6.45, 7) is 6.49. The van der Waals surface area contributed by atoms with E-state index in [9.17, 15) is 0 Å². The summed E-state index contributed by atoms with van der Waals surface area (Å²) < 4.78 is 0. The van der Waals surface area contributed by atoms with Crippen molar-refractivity contribution in [2.24, 2.45) is 20.4 Å². The minimum absolute atomic E-state index is 0.208. The van der Waals surface area contributed by atoms with Crippen LogP contribution in [-0.4, -0.2) is 22.4 Å². The molecule has 178 valence electrons. The van der Waals surface area contributed by atoms with Gasteiger partial charge in [-0.05, 0) is 5.56 Å². The number of rotatable bonds is 4. The highest BCUT2D eigenvalue weighted by Crippen LogP contribution is 2.23. The van der Waals surface area contributed by atoms with Gasteiger partial charge >= 0.3 is 0 Å². The molecule has 0 aliphatic rings. The van der Waals surface area contributed by atoms with Crippen LogP contribution in [0, 0.1) is 5.41 Å². The topological polar surface area (TPSA) is 37.1 Å². The molecule has 0 fully saturated rings. The molecule has 0 aromatic heterocycles. The molecule has 0 spiro atoms. The van der Waals surface area contributed by atoms with Gasteiger partial charge in [-0.2, -0.15) is 0 Å². The number of nitrogens with zero attached hydrogens (tertiary/aromatic N) is 3. The Kier molecular flexibility index (Phi) is 8.09. The lowest BCUT2D eigenvalue weighted by molar-refractivity contribution is 0.593. The summed E-state index contributed by atoms with van der Waals surface area (Å²) in [5.74, 6) is 1.11. The molecular weight excluding hydrogens is 458 g/mol. The molecule has 0 bridgehead atoms. The Morgan fingerprint density at radius 2 is 0.833 bits per heavy atom. The van der Waals surface area contributed by atoms with E-state index in [1.54, 1.807) is 0 Å². The predicted octanol–water partition coefficient (Wildman–Crippen LogP) is 7.79. The Morgan fingerprint density at radius 3 is 1.25 bits per heavy atom. The average molecular weight is 488 g/mol. The zero-order valence-corrected chi connectivity index (χ0v) is 21.6. The zero-order valence-electron chi connectivity index (χ0n) is 20.8. The predicted molar refractivity (Wildman–Crippen MR) is 157 cm³/mol. The third-order valence-corrected chi connectivity index (χ3v) is 5.81. The van der Waals surface area contributed by atoms with Crippen LogP contribution in [0.15, 0.2) is 136 Å². The molecule has 4 rings (SSSR count). The highest BCUT2D eigenvalue weighted by Gasteiger charge is 2.22. The molecule has 4 aromatic rings. The van der Waals surface area contributed by atoms with Gasteiger partial charge in [0.05, 0.1) is 5.71 Å². The molecule has 0 N–H and O–H groups in total. The molecule has 0 radical (unpaired) electrons. The van der Waals surface area contributed by atoms with Gasteiger partial charge < -0.3 is 0 Å². The largest absolute Gasteiger partial charge is 0.232 e. The molecule has 0 saturated heterocycles. The van der Waals surface area contributed by atoms with Crippen molar-refractivity contribution in [1.82, 2.24) is 0 Å².